The highest BCUT2D eigenvalue weighted by atomic mass is 16.5. The number of ether oxygens (including phenoxy) is 1. The van der Waals surface area contributed by atoms with E-state index in [1.165, 1.54) is 45.6 Å². The molecule has 0 spiro atoms. The Balaban J connectivity index is 1.98. The first-order chi connectivity index (χ1) is 8.15. The lowest BCUT2D eigenvalue weighted by atomic mass is 9.71. The molecule has 0 amide bonds. The summed E-state index contributed by atoms with van der Waals surface area (Å²) in [5.41, 5.74) is -0.449. The molecule has 1 aliphatic heterocycles. The van der Waals surface area contributed by atoms with Crippen LogP contribution >= 0.6 is 0 Å². The number of hydrogen-bond acceptors (Lipinski definition) is 3. The van der Waals surface area contributed by atoms with Crippen molar-refractivity contribution in [2.24, 2.45) is 11.8 Å². The van der Waals surface area contributed by atoms with Gasteiger partial charge in [-0.05, 0) is 38.1 Å². The van der Waals surface area contributed by atoms with Crippen molar-refractivity contribution in [1.29, 1.82) is 0 Å². The fourth-order valence-electron chi connectivity index (χ4n) is 3.62. The summed E-state index contributed by atoms with van der Waals surface area (Å²) in [6.45, 7) is 2.95. The zero-order chi connectivity index (χ0) is 12.3. The predicted molar refractivity (Wildman–Crippen MR) is 67.7 cm³/mol. The van der Waals surface area contributed by atoms with Crippen LogP contribution in [0.25, 0.3) is 0 Å². The Bertz CT molecular complexity index is 273. The maximum absolute atomic E-state index is 11.8. The number of piperidine rings is 1. The summed E-state index contributed by atoms with van der Waals surface area (Å²) < 4.78 is 4.93. The van der Waals surface area contributed by atoms with E-state index in [2.05, 4.69) is 5.32 Å². The zero-order valence-electron chi connectivity index (χ0n) is 11.1. The maximum atomic E-state index is 11.8. The first-order valence-electron chi connectivity index (χ1n) is 6.99. The monoisotopic (exact) mass is 239 g/mol. The molecule has 3 nitrogen and oxygen atoms in total. The Morgan fingerprint density at radius 1 is 1.18 bits per heavy atom. The van der Waals surface area contributed by atoms with E-state index in [0.29, 0.717) is 5.92 Å². The third kappa shape index (κ3) is 2.82. The molecule has 1 heterocycles. The van der Waals surface area contributed by atoms with E-state index in [0.717, 1.165) is 18.9 Å². The van der Waals surface area contributed by atoms with Crippen molar-refractivity contribution < 1.29 is 9.53 Å². The van der Waals surface area contributed by atoms with Gasteiger partial charge in [0, 0.05) is 0 Å². The summed E-state index contributed by atoms with van der Waals surface area (Å²) in [4.78, 5) is 11.8. The second-order valence-corrected chi connectivity index (χ2v) is 5.90. The second kappa shape index (κ2) is 5.38. The molecule has 0 radical (unpaired) electrons. The van der Waals surface area contributed by atoms with E-state index in [1.54, 1.807) is 0 Å². The van der Waals surface area contributed by atoms with Crippen LogP contribution in [0.3, 0.4) is 0 Å². The van der Waals surface area contributed by atoms with E-state index in [-0.39, 0.29) is 5.97 Å². The highest BCUT2D eigenvalue weighted by Crippen LogP contribution is 2.38. The fourth-order valence-corrected chi connectivity index (χ4v) is 3.62. The number of rotatable bonds is 2. The van der Waals surface area contributed by atoms with Crippen LogP contribution in [-0.2, 0) is 9.53 Å². The molecular weight excluding hydrogens is 214 g/mol. The van der Waals surface area contributed by atoms with Crippen LogP contribution in [0.2, 0.25) is 0 Å². The summed E-state index contributed by atoms with van der Waals surface area (Å²) in [5, 5.41) is 3.34. The minimum absolute atomic E-state index is 0.0991. The molecule has 1 saturated carbocycles. The topological polar surface area (TPSA) is 38.3 Å². The van der Waals surface area contributed by atoms with E-state index < -0.39 is 5.54 Å². The maximum Gasteiger partial charge on any atom is 0.325 e. The van der Waals surface area contributed by atoms with Gasteiger partial charge in [-0.15, -0.1) is 0 Å². The Hall–Kier alpha value is -0.570. The van der Waals surface area contributed by atoms with Gasteiger partial charge in [0.25, 0.3) is 0 Å². The minimum Gasteiger partial charge on any atom is -0.468 e. The molecule has 2 atom stereocenters. The quantitative estimate of drug-likeness (QED) is 0.752. The van der Waals surface area contributed by atoms with Crippen molar-refractivity contribution in [2.45, 2.75) is 57.4 Å². The molecule has 2 rings (SSSR count). The first-order valence-corrected chi connectivity index (χ1v) is 6.99. The van der Waals surface area contributed by atoms with E-state index in [9.17, 15) is 4.79 Å². The standard InChI is InChI=1S/C14H25NO2/c1-14(13(16)17-2)10-12(8-9-15-14)11-6-4-3-5-7-11/h11-12,15H,3-10H2,1-2H3. The number of esters is 1. The smallest absolute Gasteiger partial charge is 0.325 e. The molecule has 0 aromatic carbocycles. The van der Waals surface area contributed by atoms with Gasteiger partial charge in [0.1, 0.15) is 5.54 Å². The average molecular weight is 239 g/mol. The highest BCUT2D eigenvalue weighted by Gasteiger charge is 2.41. The van der Waals surface area contributed by atoms with Gasteiger partial charge in [-0.1, -0.05) is 32.1 Å². The number of methoxy groups -OCH3 is 1. The minimum atomic E-state index is -0.449. The molecule has 2 aliphatic rings. The number of nitrogens with one attached hydrogen (secondary N) is 1. The lowest BCUT2D eigenvalue weighted by Crippen LogP contribution is -2.55. The van der Waals surface area contributed by atoms with Crippen molar-refractivity contribution in [3.05, 3.63) is 0 Å². The normalized spacial score (nSPS) is 35.5. The molecule has 98 valence electrons. The molecule has 0 bridgehead atoms. The first kappa shape index (κ1) is 12.9. The molecular formula is C14H25NO2. The Kier molecular flexibility index (Phi) is 4.08. The van der Waals surface area contributed by atoms with Crippen LogP contribution in [-0.4, -0.2) is 25.2 Å². The third-order valence-corrected chi connectivity index (χ3v) is 4.65. The van der Waals surface area contributed by atoms with Crippen molar-refractivity contribution in [1.82, 2.24) is 5.32 Å². The molecule has 1 aliphatic carbocycles. The van der Waals surface area contributed by atoms with Crippen LogP contribution in [0, 0.1) is 11.8 Å². The van der Waals surface area contributed by atoms with Gasteiger partial charge in [0.05, 0.1) is 7.11 Å². The van der Waals surface area contributed by atoms with Crippen LogP contribution in [0.5, 0.6) is 0 Å². The van der Waals surface area contributed by atoms with Crippen molar-refractivity contribution in [3.8, 4) is 0 Å². The van der Waals surface area contributed by atoms with Gasteiger partial charge >= 0.3 is 5.97 Å². The molecule has 2 fully saturated rings. The van der Waals surface area contributed by atoms with Gasteiger partial charge in [-0.25, -0.2) is 0 Å². The van der Waals surface area contributed by atoms with Gasteiger partial charge < -0.3 is 10.1 Å². The van der Waals surface area contributed by atoms with Gasteiger partial charge in [0.15, 0.2) is 0 Å². The fraction of sp³-hybridized carbons (Fsp3) is 0.929. The number of hydrogen-bond donors (Lipinski definition) is 1. The lowest BCUT2D eigenvalue weighted by Gasteiger charge is -2.41. The summed E-state index contributed by atoms with van der Waals surface area (Å²) >= 11 is 0. The molecule has 1 N–H and O–H groups in total. The van der Waals surface area contributed by atoms with Crippen LogP contribution in [0.15, 0.2) is 0 Å². The van der Waals surface area contributed by atoms with Gasteiger partial charge in [0.2, 0.25) is 0 Å². The van der Waals surface area contributed by atoms with Gasteiger partial charge in [-0.2, -0.15) is 0 Å². The molecule has 3 heteroatoms. The zero-order valence-corrected chi connectivity index (χ0v) is 11.1. The Labute approximate surface area is 104 Å². The van der Waals surface area contributed by atoms with Gasteiger partial charge in [-0.3, -0.25) is 4.79 Å². The second-order valence-electron chi connectivity index (χ2n) is 5.90. The van der Waals surface area contributed by atoms with E-state index in [4.69, 9.17) is 4.74 Å². The molecule has 2 unspecified atom stereocenters. The summed E-state index contributed by atoms with van der Waals surface area (Å²) in [5.74, 6) is 1.45. The predicted octanol–water partition coefficient (Wildman–Crippen LogP) is 2.50. The van der Waals surface area contributed by atoms with Crippen molar-refractivity contribution >= 4 is 5.97 Å². The van der Waals surface area contributed by atoms with E-state index >= 15 is 0 Å². The molecule has 0 aromatic rings. The molecule has 0 aromatic heterocycles. The van der Waals surface area contributed by atoms with Crippen LogP contribution < -0.4 is 5.32 Å². The summed E-state index contributed by atoms with van der Waals surface area (Å²) in [7, 11) is 1.49. The largest absolute Gasteiger partial charge is 0.468 e. The van der Waals surface area contributed by atoms with Crippen LogP contribution in [0.4, 0.5) is 0 Å². The van der Waals surface area contributed by atoms with Crippen LogP contribution in [0.1, 0.15) is 51.9 Å². The SMILES string of the molecule is COC(=O)C1(C)CC(C2CCCCC2)CCN1. The summed E-state index contributed by atoms with van der Waals surface area (Å²) in [6.07, 6.45) is 9.05. The number of carbonyl (C=O) groups is 1. The van der Waals surface area contributed by atoms with Crippen molar-refractivity contribution in [3.63, 3.8) is 0 Å². The Morgan fingerprint density at radius 2 is 1.88 bits per heavy atom. The Morgan fingerprint density at radius 3 is 2.53 bits per heavy atom. The number of carbonyl (C=O) groups excluding carboxylic acids is 1. The molecule has 1 saturated heterocycles. The molecule has 17 heavy (non-hydrogen) atoms. The lowest BCUT2D eigenvalue weighted by molar-refractivity contribution is -0.150. The van der Waals surface area contributed by atoms with E-state index in [1.807, 2.05) is 6.92 Å². The third-order valence-electron chi connectivity index (χ3n) is 4.65. The average Bonchev–Trinajstić information content (AvgIpc) is 2.39. The van der Waals surface area contributed by atoms with Crippen molar-refractivity contribution in [2.75, 3.05) is 13.7 Å². The highest BCUT2D eigenvalue weighted by molar-refractivity contribution is 5.80. The summed E-state index contributed by atoms with van der Waals surface area (Å²) in [6, 6.07) is 0.